The second-order valence-electron chi connectivity index (χ2n) is 14.6. The predicted molar refractivity (Wildman–Crippen MR) is 141 cm³/mol. The summed E-state index contributed by atoms with van der Waals surface area (Å²) in [6, 6.07) is 0. The smallest absolute Gasteiger partial charge is 0.231 e. The molecule has 3 heterocycles. The van der Waals surface area contributed by atoms with Crippen LogP contribution in [0.4, 0.5) is 17.8 Å². The van der Waals surface area contributed by atoms with Gasteiger partial charge in [-0.15, -0.1) is 0 Å². The second kappa shape index (κ2) is 9.22. The SMILES string of the molecule is CC(C)(C)CC(C)(C)Nc1nc(NC(C)(C)CC(C)(C)C)nc(N2CC3CCC(CC3)C2)n1. The number of hydrogen-bond acceptors (Lipinski definition) is 6. The van der Waals surface area contributed by atoms with Crippen molar-refractivity contribution in [3.05, 3.63) is 0 Å². The van der Waals surface area contributed by atoms with E-state index in [1.807, 2.05) is 0 Å². The molecule has 2 bridgehead atoms. The molecular weight excluding hydrogens is 408 g/mol. The van der Waals surface area contributed by atoms with Gasteiger partial charge in [-0.1, -0.05) is 41.5 Å². The Kier molecular flexibility index (Phi) is 7.27. The molecule has 1 aliphatic carbocycles. The molecule has 33 heavy (non-hydrogen) atoms. The fraction of sp³-hybridized carbons (Fsp3) is 0.889. The Hall–Kier alpha value is -1.59. The molecule has 2 aliphatic heterocycles. The Morgan fingerprint density at radius 2 is 1.00 bits per heavy atom. The van der Waals surface area contributed by atoms with Crippen molar-refractivity contribution in [3.8, 4) is 0 Å². The van der Waals surface area contributed by atoms with Gasteiger partial charge in [-0.05, 0) is 88.9 Å². The molecule has 6 nitrogen and oxygen atoms in total. The summed E-state index contributed by atoms with van der Waals surface area (Å²) < 4.78 is 0. The minimum absolute atomic E-state index is 0.118. The van der Waals surface area contributed by atoms with Crippen molar-refractivity contribution in [2.24, 2.45) is 22.7 Å². The molecule has 1 aromatic rings. The normalized spacial score (nSPS) is 22.3. The molecule has 6 heteroatoms. The largest absolute Gasteiger partial charge is 0.349 e. The van der Waals surface area contributed by atoms with Crippen LogP contribution in [0.25, 0.3) is 0 Å². The average Bonchev–Trinajstić information content (AvgIpc) is 2.89. The van der Waals surface area contributed by atoms with Gasteiger partial charge in [0.1, 0.15) is 0 Å². The van der Waals surface area contributed by atoms with Crippen LogP contribution in [-0.2, 0) is 0 Å². The summed E-state index contributed by atoms with van der Waals surface area (Å²) in [5.74, 6) is 3.72. The Balaban J connectivity index is 1.91. The highest BCUT2D eigenvalue weighted by molar-refractivity contribution is 5.46. The fourth-order valence-electron chi connectivity index (χ4n) is 6.42. The first-order valence-corrected chi connectivity index (χ1v) is 13.1. The van der Waals surface area contributed by atoms with Gasteiger partial charge in [0, 0.05) is 24.2 Å². The van der Waals surface area contributed by atoms with Crippen LogP contribution in [0, 0.1) is 22.7 Å². The number of rotatable bonds is 7. The summed E-state index contributed by atoms with van der Waals surface area (Å²) in [5, 5.41) is 7.31. The number of nitrogens with zero attached hydrogens (tertiary/aromatic N) is 4. The molecule has 3 aliphatic rings. The first kappa shape index (κ1) is 26.0. The van der Waals surface area contributed by atoms with Crippen LogP contribution in [-0.4, -0.2) is 39.1 Å². The summed E-state index contributed by atoms with van der Waals surface area (Å²) in [5.41, 5.74) is 0.192. The molecule has 0 unspecified atom stereocenters. The van der Waals surface area contributed by atoms with Crippen LogP contribution >= 0.6 is 0 Å². The summed E-state index contributed by atoms with van der Waals surface area (Å²) >= 11 is 0. The minimum atomic E-state index is -0.118. The lowest BCUT2D eigenvalue weighted by molar-refractivity contribution is 0.301. The number of nitrogens with one attached hydrogen (secondary N) is 2. The number of fused-ring (bicyclic) bond motifs is 4. The summed E-state index contributed by atoms with van der Waals surface area (Å²) in [4.78, 5) is 17.2. The average molecular weight is 459 g/mol. The van der Waals surface area contributed by atoms with Gasteiger partial charge in [-0.2, -0.15) is 15.0 Å². The Morgan fingerprint density at radius 3 is 1.33 bits per heavy atom. The maximum atomic E-state index is 4.97. The Labute approximate surface area is 203 Å². The van der Waals surface area contributed by atoms with E-state index in [0.29, 0.717) is 11.9 Å². The molecule has 0 aromatic carbocycles. The van der Waals surface area contributed by atoms with Gasteiger partial charge in [0.2, 0.25) is 17.8 Å². The molecule has 188 valence electrons. The molecule has 0 radical (unpaired) electrons. The lowest BCUT2D eigenvalue weighted by Crippen LogP contribution is -2.38. The van der Waals surface area contributed by atoms with Gasteiger partial charge in [-0.25, -0.2) is 0 Å². The second-order valence-corrected chi connectivity index (χ2v) is 14.6. The van der Waals surface area contributed by atoms with E-state index < -0.39 is 0 Å². The molecule has 4 rings (SSSR count). The molecule has 1 aromatic heterocycles. The van der Waals surface area contributed by atoms with Gasteiger partial charge in [0.05, 0.1) is 0 Å². The van der Waals surface area contributed by atoms with E-state index >= 15 is 0 Å². The Morgan fingerprint density at radius 1 is 0.636 bits per heavy atom. The van der Waals surface area contributed by atoms with E-state index in [0.717, 1.165) is 43.7 Å². The first-order valence-electron chi connectivity index (χ1n) is 13.1. The summed E-state index contributed by atoms with van der Waals surface area (Å²) in [6.45, 7) is 24.8. The molecule has 0 spiro atoms. The third kappa shape index (κ3) is 8.29. The highest BCUT2D eigenvalue weighted by atomic mass is 15.3. The Bertz CT molecular complexity index is 732. The molecule has 2 N–H and O–H groups in total. The zero-order chi connectivity index (χ0) is 24.7. The van der Waals surface area contributed by atoms with E-state index in [4.69, 9.17) is 15.0 Å². The van der Waals surface area contributed by atoms with Gasteiger partial charge in [0.15, 0.2) is 0 Å². The fourth-order valence-corrected chi connectivity index (χ4v) is 6.42. The van der Waals surface area contributed by atoms with Crippen molar-refractivity contribution in [3.63, 3.8) is 0 Å². The van der Waals surface area contributed by atoms with Gasteiger partial charge >= 0.3 is 0 Å². The number of anilines is 3. The van der Waals surface area contributed by atoms with E-state index in [-0.39, 0.29) is 21.9 Å². The van der Waals surface area contributed by atoms with Crippen molar-refractivity contribution < 1.29 is 0 Å². The van der Waals surface area contributed by atoms with Gasteiger partial charge < -0.3 is 15.5 Å². The predicted octanol–water partition coefficient (Wildman–Crippen LogP) is 6.75. The van der Waals surface area contributed by atoms with Crippen LogP contribution in [0.15, 0.2) is 0 Å². The number of hydrogen-bond donors (Lipinski definition) is 2. The zero-order valence-corrected chi connectivity index (χ0v) is 23.1. The van der Waals surface area contributed by atoms with E-state index in [1.165, 1.54) is 25.7 Å². The minimum Gasteiger partial charge on any atom is -0.349 e. The van der Waals surface area contributed by atoms with E-state index in [1.54, 1.807) is 0 Å². The monoisotopic (exact) mass is 458 g/mol. The zero-order valence-electron chi connectivity index (χ0n) is 23.1. The van der Waals surface area contributed by atoms with Crippen molar-refractivity contribution in [1.82, 2.24) is 15.0 Å². The number of aromatic nitrogens is 3. The molecule has 0 amide bonds. The molecule has 2 saturated heterocycles. The standard InChI is InChI=1S/C27H50N6/c1-24(2,3)17-26(7,8)31-21-28-22(32-27(9,10)18-25(4,5)6)30-23(29-21)33-15-19-11-12-20(16-33)14-13-19/h19-20H,11-18H2,1-10H3,(H2,28,29,30,31,32). The maximum absolute atomic E-state index is 4.97. The lowest BCUT2D eigenvalue weighted by atomic mass is 9.82. The molecule has 3 fully saturated rings. The van der Waals surface area contributed by atoms with Crippen LogP contribution < -0.4 is 15.5 Å². The van der Waals surface area contributed by atoms with Crippen LogP contribution in [0.5, 0.6) is 0 Å². The van der Waals surface area contributed by atoms with E-state index in [9.17, 15) is 0 Å². The highest BCUT2D eigenvalue weighted by Crippen LogP contribution is 2.36. The summed E-state index contributed by atoms with van der Waals surface area (Å²) in [6.07, 6.45) is 7.43. The van der Waals surface area contributed by atoms with E-state index in [2.05, 4.69) is 84.8 Å². The maximum Gasteiger partial charge on any atom is 0.231 e. The van der Waals surface area contributed by atoms with Crippen molar-refractivity contribution in [2.75, 3.05) is 28.6 Å². The van der Waals surface area contributed by atoms with Crippen molar-refractivity contribution in [1.29, 1.82) is 0 Å². The van der Waals surface area contributed by atoms with Crippen molar-refractivity contribution >= 4 is 17.8 Å². The van der Waals surface area contributed by atoms with Gasteiger partial charge in [0.25, 0.3) is 0 Å². The third-order valence-electron chi connectivity index (χ3n) is 6.67. The topological polar surface area (TPSA) is 66.0 Å². The first-order chi connectivity index (χ1) is 15.0. The molecule has 1 saturated carbocycles. The molecular formula is C27H50N6. The van der Waals surface area contributed by atoms with Crippen LogP contribution in [0.3, 0.4) is 0 Å². The molecule has 0 atom stereocenters. The third-order valence-corrected chi connectivity index (χ3v) is 6.67. The lowest BCUT2D eigenvalue weighted by Gasteiger charge is -2.35. The van der Waals surface area contributed by atoms with Crippen LogP contribution in [0.2, 0.25) is 0 Å². The highest BCUT2D eigenvalue weighted by Gasteiger charge is 2.33. The summed E-state index contributed by atoms with van der Waals surface area (Å²) in [7, 11) is 0. The quantitative estimate of drug-likeness (QED) is 0.471. The van der Waals surface area contributed by atoms with Crippen molar-refractivity contribution in [2.45, 2.75) is 119 Å². The van der Waals surface area contributed by atoms with Crippen LogP contribution in [0.1, 0.15) is 108 Å². The van der Waals surface area contributed by atoms with Gasteiger partial charge in [-0.3, -0.25) is 0 Å².